The molecule has 0 heterocycles. The molecule has 0 unspecified atom stereocenters. The molecule has 0 spiro atoms. The fourth-order valence-corrected chi connectivity index (χ4v) is 5.31. The Labute approximate surface area is 171 Å². The van der Waals surface area contributed by atoms with Crippen LogP contribution in [0.2, 0.25) is 0 Å². The van der Waals surface area contributed by atoms with Crippen molar-refractivity contribution < 1.29 is 9.13 Å². The zero-order valence-electron chi connectivity index (χ0n) is 17.8. The lowest BCUT2D eigenvalue weighted by atomic mass is 9.74. The molecule has 0 aliphatic heterocycles. The fraction of sp³-hybridized carbons (Fsp3) is 0.692. The van der Waals surface area contributed by atoms with Gasteiger partial charge in [-0.3, -0.25) is 0 Å². The predicted octanol–water partition coefficient (Wildman–Crippen LogP) is 8.21. The Morgan fingerprint density at radius 1 is 0.857 bits per heavy atom. The van der Waals surface area contributed by atoms with Crippen LogP contribution in [0, 0.1) is 17.8 Å². The average molecular weight is 387 g/mol. The summed E-state index contributed by atoms with van der Waals surface area (Å²) in [5.74, 6) is 4.36. The molecule has 1 aromatic rings. The Balaban J connectivity index is 1.33. The molecule has 156 valence electrons. The molecule has 0 radical (unpaired) electrons. The standard InChI is InChI=1S/C26H39FO/c1-2-20-28-26-17-15-25(16-18-26)24-13-11-23(12-14-24)10-9-22-7-5-21(6-8-22)4-3-19-27/h3,15-19,21-24H,2,4-14,20H2,1H3/b19-3+/t21-,22-,23-,24-. The topological polar surface area (TPSA) is 9.23 Å². The summed E-state index contributed by atoms with van der Waals surface area (Å²) in [4.78, 5) is 0. The number of ether oxygens (including phenoxy) is 1. The lowest BCUT2D eigenvalue weighted by Crippen LogP contribution is -2.17. The van der Waals surface area contributed by atoms with E-state index < -0.39 is 0 Å². The van der Waals surface area contributed by atoms with E-state index in [-0.39, 0.29) is 0 Å². The van der Waals surface area contributed by atoms with Crippen LogP contribution in [0.15, 0.2) is 36.7 Å². The van der Waals surface area contributed by atoms with Gasteiger partial charge in [0.25, 0.3) is 0 Å². The molecular weight excluding hydrogens is 347 g/mol. The third-order valence-electron chi connectivity index (χ3n) is 7.18. The number of benzene rings is 1. The van der Waals surface area contributed by atoms with Gasteiger partial charge in [0.05, 0.1) is 12.9 Å². The van der Waals surface area contributed by atoms with Crippen molar-refractivity contribution in [3.8, 4) is 5.75 Å². The van der Waals surface area contributed by atoms with Gasteiger partial charge in [-0.25, -0.2) is 4.39 Å². The van der Waals surface area contributed by atoms with Crippen LogP contribution in [0.3, 0.4) is 0 Å². The molecule has 0 atom stereocenters. The van der Waals surface area contributed by atoms with E-state index >= 15 is 0 Å². The van der Waals surface area contributed by atoms with Crippen LogP contribution < -0.4 is 4.74 Å². The Morgan fingerprint density at radius 3 is 2.00 bits per heavy atom. The van der Waals surface area contributed by atoms with Crippen LogP contribution in [-0.2, 0) is 0 Å². The van der Waals surface area contributed by atoms with Gasteiger partial charge in [-0.2, -0.15) is 0 Å². The van der Waals surface area contributed by atoms with E-state index in [4.69, 9.17) is 4.74 Å². The molecule has 2 aliphatic rings. The molecule has 2 aliphatic carbocycles. The van der Waals surface area contributed by atoms with Gasteiger partial charge in [0.15, 0.2) is 0 Å². The molecule has 28 heavy (non-hydrogen) atoms. The van der Waals surface area contributed by atoms with Gasteiger partial charge in [0.2, 0.25) is 0 Å². The first-order valence-electron chi connectivity index (χ1n) is 11.8. The van der Waals surface area contributed by atoms with Crippen LogP contribution >= 0.6 is 0 Å². The van der Waals surface area contributed by atoms with E-state index in [0.29, 0.717) is 0 Å². The number of halogens is 1. The largest absolute Gasteiger partial charge is 0.494 e. The van der Waals surface area contributed by atoms with Crippen molar-refractivity contribution in [2.45, 2.75) is 89.9 Å². The second kappa shape index (κ2) is 11.6. The quantitative estimate of drug-likeness (QED) is 0.415. The minimum absolute atomic E-state index is 0.719. The van der Waals surface area contributed by atoms with Crippen molar-refractivity contribution in [2.75, 3.05) is 6.61 Å². The molecule has 0 saturated heterocycles. The van der Waals surface area contributed by atoms with E-state index in [0.717, 1.165) is 55.2 Å². The second-order valence-corrected chi connectivity index (χ2v) is 9.20. The zero-order chi connectivity index (χ0) is 19.6. The third kappa shape index (κ3) is 6.64. The van der Waals surface area contributed by atoms with Crippen molar-refractivity contribution in [1.29, 1.82) is 0 Å². The maximum atomic E-state index is 12.2. The van der Waals surface area contributed by atoms with Crippen LogP contribution in [0.5, 0.6) is 5.75 Å². The van der Waals surface area contributed by atoms with Crippen LogP contribution in [0.25, 0.3) is 0 Å². The first kappa shape index (κ1) is 21.4. The van der Waals surface area contributed by atoms with E-state index in [1.54, 1.807) is 6.08 Å². The molecule has 1 aromatic carbocycles. The Hall–Kier alpha value is -1.31. The van der Waals surface area contributed by atoms with E-state index in [2.05, 4.69) is 31.2 Å². The van der Waals surface area contributed by atoms with E-state index in [1.807, 2.05) is 0 Å². The molecule has 3 rings (SSSR count). The molecular formula is C26H39FO. The summed E-state index contributed by atoms with van der Waals surface area (Å²) in [6.45, 7) is 2.95. The summed E-state index contributed by atoms with van der Waals surface area (Å²) < 4.78 is 17.9. The van der Waals surface area contributed by atoms with Crippen LogP contribution in [0.4, 0.5) is 4.39 Å². The van der Waals surface area contributed by atoms with Gasteiger partial charge >= 0.3 is 0 Å². The van der Waals surface area contributed by atoms with Crippen molar-refractivity contribution >= 4 is 0 Å². The third-order valence-corrected chi connectivity index (χ3v) is 7.18. The molecule has 0 N–H and O–H groups in total. The van der Waals surface area contributed by atoms with Gasteiger partial charge in [-0.05, 0) is 92.7 Å². The van der Waals surface area contributed by atoms with E-state index in [9.17, 15) is 4.39 Å². The van der Waals surface area contributed by atoms with Crippen molar-refractivity contribution in [3.63, 3.8) is 0 Å². The summed E-state index contributed by atoms with van der Waals surface area (Å²) in [7, 11) is 0. The van der Waals surface area contributed by atoms with Gasteiger partial charge < -0.3 is 4.74 Å². The van der Waals surface area contributed by atoms with E-state index in [1.165, 1.54) is 69.8 Å². The SMILES string of the molecule is CCCOc1ccc([C@H]2CC[C@H](CC[C@H]3CC[C@H](C/C=C/F)CC3)CC2)cc1. The number of hydrogen-bond acceptors (Lipinski definition) is 1. The van der Waals surface area contributed by atoms with Crippen molar-refractivity contribution in [2.24, 2.45) is 17.8 Å². The second-order valence-electron chi connectivity index (χ2n) is 9.20. The molecule has 0 aromatic heterocycles. The summed E-state index contributed by atoms with van der Waals surface area (Å²) in [6.07, 6.45) is 18.1. The number of rotatable bonds is 9. The Kier molecular flexibility index (Phi) is 8.89. The van der Waals surface area contributed by atoms with Gasteiger partial charge in [0, 0.05) is 0 Å². The number of allylic oxidation sites excluding steroid dienone is 1. The molecule has 1 nitrogen and oxygen atoms in total. The highest BCUT2D eigenvalue weighted by molar-refractivity contribution is 5.29. The minimum atomic E-state index is 0.719. The van der Waals surface area contributed by atoms with Crippen LogP contribution in [-0.4, -0.2) is 6.61 Å². The zero-order valence-corrected chi connectivity index (χ0v) is 17.8. The first-order valence-corrected chi connectivity index (χ1v) is 11.8. The molecule has 0 bridgehead atoms. The van der Waals surface area contributed by atoms with Crippen LogP contribution in [0.1, 0.15) is 95.5 Å². The highest BCUT2D eigenvalue weighted by Gasteiger charge is 2.25. The Bertz CT molecular complexity index is 563. The summed E-state index contributed by atoms with van der Waals surface area (Å²) >= 11 is 0. The van der Waals surface area contributed by atoms with Gasteiger partial charge in [-0.15, -0.1) is 0 Å². The molecule has 2 saturated carbocycles. The minimum Gasteiger partial charge on any atom is -0.494 e. The first-order chi connectivity index (χ1) is 13.8. The molecule has 0 amide bonds. The lowest BCUT2D eigenvalue weighted by Gasteiger charge is -2.32. The smallest absolute Gasteiger partial charge is 0.119 e. The normalized spacial score (nSPS) is 28.5. The highest BCUT2D eigenvalue weighted by Crippen LogP contribution is 2.40. The molecule has 2 fully saturated rings. The van der Waals surface area contributed by atoms with Gasteiger partial charge in [0.1, 0.15) is 5.75 Å². The summed E-state index contributed by atoms with van der Waals surface area (Å²) in [5.41, 5.74) is 1.50. The number of hydrogen-bond donors (Lipinski definition) is 0. The van der Waals surface area contributed by atoms with Crippen molar-refractivity contribution in [3.05, 3.63) is 42.2 Å². The maximum Gasteiger partial charge on any atom is 0.119 e. The average Bonchev–Trinajstić information content (AvgIpc) is 2.76. The molecule has 2 heteroatoms. The Morgan fingerprint density at radius 2 is 1.43 bits per heavy atom. The predicted molar refractivity (Wildman–Crippen MR) is 116 cm³/mol. The monoisotopic (exact) mass is 386 g/mol. The maximum absolute atomic E-state index is 12.2. The van der Waals surface area contributed by atoms with Gasteiger partial charge in [-0.1, -0.05) is 50.8 Å². The highest BCUT2D eigenvalue weighted by atomic mass is 19.1. The summed E-state index contributed by atoms with van der Waals surface area (Å²) in [5, 5.41) is 0. The lowest BCUT2D eigenvalue weighted by molar-refractivity contribution is 0.231. The van der Waals surface area contributed by atoms with Crippen molar-refractivity contribution in [1.82, 2.24) is 0 Å². The fourth-order valence-electron chi connectivity index (χ4n) is 5.31. The summed E-state index contributed by atoms with van der Waals surface area (Å²) in [6, 6.07) is 8.87.